The molecule has 0 saturated carbocycles. The number of hydrogen-bond donors (Lipinski definition) is 1. The summed E-state index contributed by atoms with van der Waals surface area (Å²) in [5.41, 5.74) is 0.0820. The zero-order valence-corrected chi connectivity index (χ0v) is 12.7. The quantitative estimate of drug-likeness (QED) is 0.884. The number of pyridine rings is 1. The van der Waals surface area contributed by atoms with E-state index in [0.717, 1.165) is 0 Å². The van der Waals surface area contributed by atoms with E-state index < -0.39 is 0 Å². The van der Waals surface area contributed by atoms with Gasteiger partial charge in [-0.15, -0.1) is 0 Å². The van der Waals surface area contributed by atoms with Crippen LogP contribution in [0.1, 0.15) is 10.5 Å². The van der Waals surface area contributed by atoms with Crippen molar-refractivity contribution in [1.29, 1.82) is 0 Å². The summed E-state index contributed by atoms with van der Waals surface area (Å²) >= 11 is 0. The number of rotatable bonds is 3. The number of hydrogen-bond acceptors (Lipinski definition) is 7. The highest BCUT2D eigenvalue weighted by atomic mass is 16.5. The molecule has 2 aromatic rings. The molecule has 3 heterocycles. The number of aromatic nitrogens is 3. The molecule has 0 radical (unpaired) electrons. The highest BCUT2D eigenvalue weighted by molar-refractivity contribution is 5.94. The second kappa shape index (κ2) is 6.47. The average molecular weight is 315 g/mol. The maximum atomic E-state index is 12.4. The molecule has 120 valence electrons. The Kier molecular flexibility index (Phi) is 4.22. The third kappa shape index (κ3) is 3.15. The van der Waals surface area contributed by atoms with Gasteiger partial charge in [-0.05, 0) is 12.1 Å². The predicted octanol–water partition coefficient (Wildman–Crippen LogP) is 0.548. The van der Waals surface area contributed by atoms with Crippen LogP contribution in [0.5, 0.6) is 11.6 Å². The Morgan fingerprint density at radius 2 is 1.96 bits per heavy atom. The van der Waals surface area contributed by atoms with Crippen molar-refractivity contribution in [2.75, 3.05) is 38.2 Å². The first-order chi connectivity index (χ1) is 11.2. The first-order valence-corrected chi connectivity index (χ1v) is 7.24. The molecule has 2 aromatic heterocycles. The van der Waals surface area contributed by atoms with Gasteiger partial charge in [0.05, 0.1) is 7.11 Å². The number of carbonyl (C=O) groups is 1. The minimum absolute atomic E-state index is 0.0820. The molecule has 8 heteroatoms. The molecule has 0 bridgehead atoms. The maximum absolute atomic E-state index is 12.4. The van der Waals surface area contributed by atoms with Gasteiger partial charge in [0, 0.05) is 44.6 Å². The molecule has 1 fully saturated rings. The third-order valence-electron chi connectivity index (χ3n) is 3.67. The minimum Gasteiger partial charge on any atom is -0.505 e. The van der Waals surface area contributed by atoms with Crippen LogP contribution in [0.25, 0.3) is 0 Å². The highest BCUT2D eigenvalue weighted by Gasteiger charge is 2.25. The van der Waals surface area contributed by atoms with Crippen LogP contribution in [0.15, 0.2) is 30.6 Å². The van der Waals surface area contributed by atoms with Crippen LogP contribution in [-0.2, 0) is 0 Å². The number of methoxy groups -OCH3 is 1. The Bertz CT molecular complexity index is 701. The molecule has 0 aliphatic carbocycles. The summed E-state index contributed by atoms with van der Waals surface area (Å²) in [5, 5.41) is 9.74. The first kappa shape index (κ1) is 15.0. The van der Waals surface area contributed by atoms with Gasteiger partial charge < -0.3 is 19.6 Å². The van der Waals surface area contributed by atoms with E-state index in [4.69, 9.17) is 4.74 Å². The minimum atomic E-state index is -0.269. The second-order valence-electron chi connectivity index (χ2n) is 5.05. The van der Waals surface area contributed by atoms with Gasteiger partial charge in [-0.1, -0.05) is 0 Å². The lowest BCUT2D eigenvalue weighted by Gasteiger charge is -2.34. The fourth-order valence-electron chi connectivity index (χ4n) is 2.42. The van der Waals surface area contributed by atoms with Crippen LogP contribution in [0.4, 0.5) is 5.95 Å². The smallest absolute Gasteiger partial charge is 0.276 e. The molecule has 0 spiro atoms. The average Bonchev–Trinajstić information content (AvgIpc) is 2.62. The normalized spacial score (nSPS) is 14.7. The summed E-state index contributed by atoms with van der Waals surface area (Å²) < 4.78 is 5.10. The zero-order valence-electron chi connectivity index (χ0n) is 12.7. The fourth-order valence-corrected chi connectivity index (χ4v) is 2.42. The monoisotopic (exact) mass is 315 g/mol. The number of anilines is 1. The van der Waals surface area contributed by atoms with Gasteiger partial charge in [-0.2, -0.15) is 4.98 Å². The molecule has 3 rings (SSSR count). The van der Waals surface area contributed by atoms with Gasteiger partial charge in [0.15, 0.2) is 5.69 Å². The van der Waals surface area contributed by atoms with Crippen molar-refractivity contribution in [2.45, 2.75) is 0 Å². The van der Waals surface area contributed by atoms with E-state index in [2.05, 4.69) is 15.0 Å². The lowest BCUT2D eigenvalue weighted by atomic mass is 10.2. The standard InChI is InChI=1S/C15H17N5O3/c1-23-12-4-6-17-15(18-12)20-9-7-19(8-10-20)14(22)13-11(21)3-2-5-16-13/h2-6,21H,7-10H2,1H3. The molecule has 1 aliphatic rings. The molecule has 1 aliphatic heterocycles. The van der Waals surface area contributed by atoms with Crippen LogP contribution in [0, 0.1) is 0 Å². The van der Waals surface area contributed by atoms with Gasteiger partial charge in [0.2, 0.25) is 11.8 Å². The summed E-state index contributed by atoms with van der Waals surface area (Å²) in [6, 6.07) is 4.73. The van der Waals surface area contributed by atoms with Crippen molar-refractivity contribution >= 4 is 11.9 Å². The number of piperazine rings is 1. The van der Waals surface area contributed by atoms with E-state index in [0.29, 0.717) is 38.0 Å². The van der Waals surface area contributed by atoms with Crippen molar-refractivity contribution in [3.8, 4) is 11.6 Å². The van der Waals surface area contributed by atoms with Crippen LogP contribution >= 0.6 is 0 Å². The van der Waals surface area contributed by atoms with Crippen molar-refractivity contribution in [1.82, 2.24) is 19.9 Å². The molecule has 0 atom stereocenters. The molecule has 23 heavy (non-hydrogen) atoms. The molecule has 1 N–H and O–H groups in total. The number of carbonyl (C=O) groups excluding carboxylic acids is 1. The van der Waals surface area contributed by atoms with Gasteiger partial charge in [-0.3, -0.25) is 4.79 Å². The molecule has 1 amide bonds. The highest BCUT2D eigenvalue weighted by Crippen LogP contribution is 2.18. The Labute approximate surface area is 133 Å². The first-order valence-electron chi connectivity index (χ1n) is 7.24. The van der Waals surface area contributed by atoms with E-state index in [1.165, 1.54) is 12.3 Å². The van der Waals surface area contributed by atoms with Gasteiger partial charge >= 0.3 is 0 Å². The van der Waals surface area contributed by atoms with Gasteiger partial charge in [0.1, 0.15) is 5.75 Å². The number of nitrogens with zero attached hydrogens (tertiary/aromatic N) is 5. The summed E-state index contributed by atoms with van der Waals surface area (Å²) in [6.07, 6.45) is 3.14. The van der Waals surface area contributed by atoms with Gasteiger partial charge in [-0.25, -0.2) is 9.97 Å². The third-order valence-corrected chi connectivity index (χ3v) is 3.67. The summed E-state index contributed by atoms with van der Waals surface area (Å²) in [4.78, 5) is 28.5. The van der Waals surface area contributed by atoms with E-state index in [1.807, 2.05) is 4.90 Å². The fraction of sp³-hybridized carbons (Fsp3) is 0.333. The molecule has 0 unspecified atom stereocenters. The lowest BCUT2D eigenvalue weighted by molar-refractivity contribution is 0.0737. The van der Waals surface area contributed by atoms with Crippen LogP contribution in [0.2, 0.25) is 0 Å². The number of ether oxygens (including phenoxy) is 1. The van der Waals surface area contributed by atoms with E-state index >= 15 is 0 Å². The maximum Gasteiger partial charge on any atom is 0.276 e. The van der Waals surface area contributed by atoms with Crippen molar-refractivity contribution in [3.63, 3.8) is 0 Å². The topological polar surface area (TPSA) is 91.7 Å². The summed E-state index contributed by atoms with van der Waals surface area (Å²) in [7, 11) is 1.56. The second-order valence-corrected chi connectivity index (χ2v) is 5.05. The Hall–Kier alpha value is -2.90. The van der Waals surface area contributed by atoms with Crippen LogP contribution in [-0.4, -0.2) is 64.2 Å². The zero-order chi connectivity index (χ0) is 16.2. The van der Waals surface area contributed by atoms with E-state index in [-0.39, 0.29) is 17.4 Å². The summed E-state index contributed by atoms with van der Waals surface area (Å²) in [6.45, 7) is 2.23. The Morgan fingerprint density at radius 1 is 1.17 bits per heavy atom. The molecular weight excluding hydrogens is 298 g/mol. The van der Waals surface area contributed by atoms with Crippen LogP contribution < -0.4 is 9.64 Å². The predicted molar refractivity (Wildman–Crippen MR) is 82.6 cm³/mol. The lowest BCUT2D eigenvalue weighted by Crippen LogP contribution is -2.49. The van der Waals surface area contributed by atoms with Crippen molar-refractivity contribution in [3.05, 3.63) is 36.3 Å². The Morgan fingerprint density at radius 3 is 2.65 bits per heavy atom. The van der Waals surface area contributed by atoms with E-state index in [1.54, 1.807) is 30.3 Å². The van der Waals surface area contributed by atoms with Crippen molar-refractivity contribution < 1.29 is 14.6 Å². The molecular formula is C15H17N5O3. The SMILES string of the molecule is COc1ccnc(N2CCN(C(=O)c3ncccc3O)CC2)n1. The van der Waals surface area contributed by atoms with E-state index in [9.17, 15) is 9.90 Å². The Balaban J connectivity index is 1.66. The van der Waals surface area contributed by atoms with Crippen molar-refractivity contribution in [2.24, 2.45) is 0 Å². The number of aromatic hydroxyl groups is 1. The molecule has 0 aromatic carbocycles. The molecule has 1 saturated heterocycles. The van der Waals surface area contributed by atoms with Gasteiger partial charge in [0.25, 0.3) is 5.91 Å². The summed E-state index contributed by atoms with van der Waals surface area (Å²) in [5.74, 6) is 0.717. The molecule has 8 nitrogen and oxygen atoms in total. The van der Waals surface area contributed by atoms with Crippen LogP contribution in [0.3, 0.4) is 0 Å². The number of amides is 1. The largest absolute Gasteiger partial charge is 0.505 e.